The van der Waals surface area contributed by atoms with Crippen LogP contribution in [0.15, 0.2) is 22.7 Å². The number of rotatable bonds is 4. The van der Waals surface area contributed by atoms with Gasteiger partial charge in [-0.3, -0.25) is 4.72 Å². The third kappa shape index (κ3) is 4.53. The van der Waals surface area contributed by atoms with Crippen LogP contribution < -0.4 is 9.44 Å². The molecule has 0 saturated heterocycles. The quantitative estimate of drug-likeness (QED) is 0.882. The Hall–Kier alpha value is -1.28. The van der Waals surface area contributed by atoms with Crippen molar-refractivity contribution < 1.29 is 17.9 Å². The smallest absolute Gasteiger partial charge is 0.422 e. The Labute approximate surface area is 114 Å². The molecule has 0 unspecified atom stereocenters. The molecule has 0 fully saturated rings. The highest BCUT2D eigenvalue weighted by molar-refractivity contribution is 9.10. The van der Waals surface area contributed by atoms with E-state index in [0.717, 1.165) is 10.0 Å². The predicted molar refractivity (Wildman–Crippen MR) is 71.6 cm³/mol. The monoisotopic (exact) mass is 336 g/mol. The van der Waals surface area contributed by atoms with E-state index in [1.807, 2.05) is 6.92 Å². The summed E-state index contributed by atoms with van der Waals surface area (Å²) < 4.78 is 32.4. The molecule has 0 saturated carbocycles. The highest BCUT2D eigenvalue weighted by Gasteiger charge is 2.15. The molecule has 18 heavy (non-hydrogen) atoms. The lowest BCUT2D eigenvalue weighted by molar-refractivity contribution is 0.159. The normalized spacial score (nSPS) is 10.8. The summed E-state index contributed by atoms with van der Waals surface area (Å²) in [6, 6.07) is 4.91. The number of amides is 1. The number of halogens is 1. The van der Waals surface area contributed by atoms with E-state index < -0.39 is 16.3 Å². The van der Waals surface area contributed by atoms with Gasteiger partial charge in [-0.15, -0.1) is 0 Å². The molecule has 100 valence electrons. The first-order valence-electron chi connectivity index (χ1n) is 5.07. The summed E-state index contributed by atoms with van der Waals surface area (Å²) in [6.45, 7) is 3.50. The number of carbonyl (C=O) groups is 1. The minimum absolute atomic E-state index is 0.0960. The molecule has 0 radical (unpaired) electrons. The van der Waals surface area contributed by atoms with Gasteiger partial charge in [0, 0.05) is 4.47 Å². The molecule has 0 bridgehead atoms. The molecule has 1 aromatic rings. The third-order valence-electron chi connectivity index (χ3n) is 1.90. The molecular weight excluding hydrogens is 324 g/mol. The fraction of sp³-hybridized carbons (Fsp3) is 0.300. The maximum absolute atomic E-state index is 11.5. The number of aryl methyl sites for hydroxylation is 1. The number of anilines is 1. The Morgan fingerprint density at radius 1 is 1.44 bits per heavy atom. The first-order valence-corrected chi connectivity index (χ1v) is 7.35. The van der Waals surface area contributed by atoms with E-state index in [0.29, 0.717) is 5.69 Å². The number of hydrogen-bond donors (Lipinski definition) is 2. The predicted octanol–water partition coefficient (Wildman–Crippen LogP) is 2.16. The molecule has 0 spiro atoms. The van der Waals surface area contributed by atoms with Gasteiger partial charge in [0.05, 0.1) is 12.3 Å². The second-order valence-electron chi connectivity index (χ2n) is 3.39. The molecule has 1 amide bonds. The summed E-state index contributed by atoms with van der Waals surface area (Å²) in [4.78, 5) is 11.0. The summed E-state index contributed by atoms with van der Waals surface area (Å²) in [5.41, 5.74) is 1.22. The van der Waals surface area contributed by atoms with Crippen molar-refractivity contribution in [2.24, 2.45) is 0 Å². The highest BCUT2D eigenvalue weighted by Crippen LogP contribution is 2.20. The molecule has 6 nitrogen and oxygen atoms in total. The van der Waals surface area contributed by atoms with Gasteiger partial charge < -0.3 is 4.74 Å². The van der Waals surface area contributed by atoms with Gasteiger partial charge in [0.2, 0.25) is 0 Å². The van der Waals surface area contributed by atoms with Gasteiger partial charge in [0.25, 0.3) is 0 Å². The van der Waals surface area contributed by atoms with Crippen molar-refractivity contribution >= 4 is 37.9 Å². The molecule has 0 aliphatic rings. The van der Waals surface area contributed by atoms with Gasteiger partial charge in [0.15, 0.2) is 0 Å². The summed E-state index contributed by atoms with van der Waals surface area (Å²) in [5.74, 6) is 0. The number of nitrogens with one attached hydrogen (secondary N) is 2. The van der Waals surface area contributed by atoms with Gasteiger partial charge in [-0.25, -0.2) is 9.52 Å². The molecule has 0 atom stereocenters. The van der Waals surface area contributed by atoms with Gasteiger partial charge in [0.1, 0.15) is 0 Å². The van der Waals surface area contributed by atoms with Crippen LogP contribution >= 0.6 is 15.9 Å². The second kappa shape index (κ2) is 6.05. The van der Waals surface area contributed by atoms with Crippen molar-refractivity contribution in [2.45, 2.75) is 13.8 Å². The molecule has 1 aromatic carbocycles. The lowest BCUT2D eigenvalue weighted by atomic mass is 10.2. The molecule has 0 aliphatic carbocycles. The largest absolute Gasteiger partial charge is 0.449 e. The molecule has 0 heterocycles. The minimum atomic E-state index is -3.98. The van der Waals surface area contributed by atoms with Crippen molar-refractivity contribution in [1.82, 2.24) is 4.72 Å². The van der Waals surface area contributed by atoms with E-state index in [9.17, 15) is 13.2 Å². The Balaban J connectivity index is 2.76. The lowest BCUT2D eigenvalue weighted by Gasteiger charge is -2.10. The average molecular weight is 337 g/mol. The van der Waals surface area contributed by atoms with Crippen molar-refractivity contribution in [3.63, 3.8) is 0 Å². The standard InChI is InChI=1S/C10H13BrN2O4S/c1-3-17-10(14)13-18(15,16)12-8-4-5-9(11)7(2)6-8/h4-6,12H,3H2,1-2H3,(H,13,14). The maximum atomic E-state index is 11.5. The zero-order valence-electron chi connectivity index (χ0n) is 9.86. The van der Waals surface area contributed by atoms with Crippen LogP contribution in [0, 0.1) is 6.92 Å². The van der Waals surface area contributed by atoms with Crippen LogP contribution in [0.25, 0.3) is 0 Å². The van der Waals surface area contributed by atoms with Crippen molar-refractivity contribution in [3.8, 4) is 0 Å². The van der Waals surface area contributed by atoms with Crippen LogP contribution in [0.4, 0.5) is 10.5 Å². The Bertz CT molecular complexity index is 545. The number of hydrogen-bond acceptors (Lipinski definition) is 4. The van der Waals surface area contributed by atoms with Crippen molar-refractivity contribution in [1.29, 1.82) is 0 Å². The summed E-state index contributed by atoms with van der Waals surface area (Å²) in [6.07, 6.45) is -1.01. The topological polar surface area (TPSA) is 84.5 Å². The SMILES string of the molecule is CCOC(=O)NS(=O)(=O)Nc1ccc(Br)c(C)c1. The fourth-order valence-corrected chi connectivity index (χ4v) is 2.17. The molecule has 0 aromatic heterocycles. The van der Waals surface area contributed by atoms with Crippen molar-refractivity contribution in [3.05, 3.63) is 28.2 Å². The van der Waals surface area contributed by atoms with E-state index in [2.05, 4.69) is 25.4 Å². The van der Waals surface area contributed by atoms with Crippen LogP contribution in [-0.2, 0) is 14.9 Å². The number of carbonyl (C=O) groups excluding carboxylic acids is 1. The maximum Gasteiger partial charge on any atom is 0.422 e. The molecule has 8 heteroatoms. The Morgan fingerprint density at radius 3 is 2.67 bits per heavy atom. The van der Waals surface area contributed by atoms with Crippen LogP contribution in [0.2, 0.25) is 0 Å². The van der Waals surface area contributed by atoms with Crippen LogP contribution in [0.5, 0.6) is 0 Å². The summed E-state index contributed by atoms with van der Waals surface area (Å²) in [5, 5.41) is 0. The molecule has 1 rings (SSSR count). The first kappa shape index (κ1) is 14.8. The highest BCUT2D eigenvalue weighted by atomic mass is 79.9. The van der Waals surface area contributed by atoms with E-state index in [1.54, 1.807) is 29.8 Å². The zero-order valence-corrected chi connectivity index (χ0v) is 12.3. The van der Waals surface area contributed by atoms with E-state index in [-0.39, 0.29) is 6.61 Å². The van der Waals surface area contributed by atoms with Gasteiger partial charge in [-0.2, -0.15) is 8.42 Å². The van der Waals surface area contributed by atoms with E-state index in [1.165, 1.54) is 0 Å². The molecule has 2 N–H and O–H groups in total. The van der Waals surface area contributed by atoms with Crippen molar-refractivity contribution in [2.75, 3.05) is 11.3 Å². The van der Waals surface area contributed by atoms with Gasteiger partial charge >= 0.3 is 16.3 Å². The Kier molecular flexibility index (Phi) is 4.97. The fourth-order valence-electron chi connectivity index (χ4n) is 1.16. The summed E-state index contributed by atoms with van der Waals surface area (Å²) >= 11 is 3.30. The number of ether oxygens (including phenoxy) is 1. The third-order valence-corrected chi connectivity index (χ3v) is 3.73. The Morgan fingerprint density at radius 2 is 2.11 bits per heavy atom. The van der Waals surface area contributed by atoms with Crippen LogP contribution in [0.3, 0.4) is 0 Å². The zero-order chi connectivity index (χ0) is 13.8. The van der Waals surface area contributed by atoms with Crippen LogP contribution in [0.1, 0.15) is 12.5 Å². The second-order valence-corrected chi connectivity index (χ2v) is 5.66. The lowest BCUT2D eigenvalue weighted by Crippen LogP contribution is -2.35. The van der Waals surface area contributed by atoms with Crippen LogP contribution in [-0.4, -0.2) is 21.1 Å². The first-order chi connectivity index (χ1) is 8.34. The number of benzene rings is 1. The van der Waals surface area contributed by atoms with E-state index in [4.69, 9.17) is 0 Å². The molecular formula is C10H13BrN2O4S. The van der Waals surface area contributed by atoms with Gasteiger partial charge in [-0.1, -0.05) is 15.9 Å². The van der Waals surface area contributed by atoms with E-state index >= 15 is 0 Å². The molecule has 0 aliphatic heterocycles. The van der Waals surface area contributed by atoms with Gasteiger partial charge in [-0.05, 0) is 37.6 Å². The summed E-state index contributed by atoms with van der Waals surface area (Å²) in [7, 11) is -3.98. The average Bonchev–Trinajstić information content (AvgIpc) is 2.22. The minimum Gasteiger partial charge on any atom is -0.449 e.